The van der Waals surface area contributed by atoms with Crippen LogP contribution in [0.25, 0.3) is 11.1 Å². The lowest BCUT2D eigenvalue weighted by molar-refractivity contribution is -0.384. The number of carboxylic acid groups (broad SMARTS) is 2. The van der Waals surface area contributed by atoms with Gasteiger partial charge in [-0.1, -0.05) is 18.2 Å². The van der Waals surface area contributed by atoms with Crippen molar-refractivity contribution in [3.05, 3.63) is 63.7 Å². The topological polar surface area (TPSA) is 118 Å². The van der Waals surface area contributed by atoms with Gasteiger partial charge in [0.1, 0.15) is 0 Å². The third kappa shape index (κ3) is 2.71. The molecule has 0 unspecified atom stereocenters. The first kappa shape index (κ1) is 14.2. The summed E-state index contributed by atoms with van der Waals surface area (Å²) in [7, 11) is 0. The van der Waals surface area contributed by atoms with Crippen molar-refractivity contribution < 1.29 is 24.7 Å². The Hall–Kier alpha value is -3.22. The van der Waals surface area contributed by atoms with Gasteiger partial charge in [-0.15, -0.1) is 0 Å². The van der Waals surface area contributed by atoms with Crippen LogP contribution in [0.4, 0.5) is 5.69 Å². The minimum absolute atomic E-state index is 0.0970. The Balaban J connectivity index is 2.72. The largest absolute Gasteiger partial charge is 0.478 e. The number of hydrogen-bond acceptors (Lipinski definition) is 4. The SMILES string of the molecule is O=C(O)c1ccc(-c2ccccc2[N+](=O)[O-])c(C(=O)O)c1. The predicted octanol–water partition coefficient (Wildman–Crippen LogP) is 2.66. The fraction of sp³-hybridized carbons (Fsp3) is 0. The Morgan fingerprint density at radius 1 is 0.952 bits per heavy atom. The highest BCUT2D eigenvalue weighted by atomic mass is 16.6. The van der Waals surface area contributed by atoms with Gasteiger partial charge in [0.25, 0.3) is 5.69 Å². The van der Waals surface area contributed by atoms with Crippen molar-refractivity contribution in [2.75, 3.05) is 0 Å². The van der Waals surface area contributed by atoms with Crippen molar-refractivity contribution in [2.45, 2.75) is 0 Å². The van der Waals surface area contributed by atoms with E-state index in [1.807, 2.05) is 0 Å². The molecular weight excluding hydrogens is 278 g/mol. The van der Waals surface area contributed by atoms with Crippen molar-refractivity contribution in [1.29, 1.82) is 0 Å². The molecule has 106 valence electrons. The zero-order valence-electron chi connectivity index (χ0n) is 10.5. The van der Waals surface area contributed by atoms with E-state index in [9.17, 15) is 24.8 Å². The molecule has 0 amide bonds. The maximum absolute atomic E-state index is 11.3. The molecule has 0 heterocycles. The lowest BCUT2D eigenvalue weighted by Crippen LogP contribution is -2.05. The van der Waals surface area contributed by atoms with E-state index >= 15 is 0 Å². The third-order valence-electron chi connectivity index (χ3n) is 2.89. The number of benzene rings is 2. The molecule has 2 rings (SSSR count). The number of para-hydroxylation sites is 1. The van der Waals surface area contributed by atoms with Crippen LogP contribution in [0.2, 0.25) is 0 Å². The van der Waals surface area contributed by atoms with Gasteiger partial charge in [0.05, 0.1) is 21.6 Å². The van der Waals surface area contributed by atoms with Gasteiger partial charge in [-0.2, -0.15) is 0 Å². The lowest BCUT2D eigenvalue weighted by Gasteiger charge is -2.08. The van der Waals surface area contributed by atoms with Crippen LogP contribution in [0.3, 0.4) is 0 Å². The highest BCUT2D eigenvalue weighted by Crippen LogP contribution is 2.32. The average molecular weight is 287 g/mol. The average Bonchev–Trinajstić information content (AvgIpc) is 2.46. The van der Waals surface area contributed by atoms with Gasteiger partial charge >= 0.3 is 11.9 Å². The molecule has 0 fully saturated rings. The maximum Gasteiger partial charge on any atom is 0.336 e. The molecule has 21 heavy (non-hydrogen) atoms. The standard InChI is InChI=1S/C14H9NO6/c16-13(17)8-5-6-9(11(7-8)14(18)19)10-3-1-2-4-12(10)15(20)21/h1-7H,(H,16,17)(H,18,19). The van der Waals surface area contributed by atoms with Gasteiger partial charge in [0, 0.05) is 11.6 Å². The van der Waals surface area contributed by atoms with Crippen molar-refractivity contribution in [1.82, 2.24) is 0 Å². The fourth-order valence-corrected chi connectivity index (χ4v) is 1.95. The molecule has 2 aromatic carbocycles. The first-order chi connectivity index (χ1) is 9.91. The molecule has 0 saturated heterocycles. The molecule has 0 spiro atoms. The van der Waals surface area contributed by atoms with Gasteiger partial charge in [0.2, 0.25) is 0 Å². The number of hydrogen-bond donors (Lipinski definition) is 2. The zero-order valence-corrected chi connectivity index (χ0v) is 10.5. The van der Waals surface area contributed by atoms with Crippen molar-refractivity contribution >= 4 is 17.6 Å². The van der Waals surface area contributed by atoms with Crippen LogP contribution in [0, 0.1) is 10.1 Å². The van der Waals surface area contributed by atoms with E-state index in [1.165, 1.54) is 30.3 Å². The summed E-state index contributed by atoms with van der Waals surface area (Å²) in [5.74, 6) is -2.63. The second kappa shape index (κ2) is 5.41. The van der Waals surface area contributed by atoms with Crippen LogP contribution >= 0.6 is 0 Å². The molecule has 0 radical (unpaired) electrons. The summed E-state index contributed by atoms with van der Waals surface area (Å²) in [6.45, 7) is 0. The molecule has 0 aliphatic carbocycles. The normalized spacial score (nSPS) is 10.1. The number of carboxylic acids is 2. The second-order valence-corrected chi connectivity index (χ2v) is 4.14. The summed E-state index contributed by atoms with van der Waals surface area (Å²) < 4.78 is 0. The first-order valence-corrected chi connectivity index (χ1v) is 5.76. The van der Waals surface area contributed by atoms with Crippen LogP contribution in [0.15, 0.2) is 42.5 Å². The molecule has 0 saturated carbocycles. The number of carbonyl (C=O) groups is 2. The smallest absolute Gasteiger partial charge is 0.336 e. The van der Waals surface area contributed by atoms with Gasteiger partial charge in [-0.25, -0.2) is 9.59 Å². The van der Waals surface area contributed by atoms with Crippen molar-refractivity contribution in [3.8, 4) is 11.1 Å². The second-order valence-electron chi connectivity index (χ2n) is 4.14. The van der Waals surface area contributed by atoms with Crippen LogP contribution in [0.1, 0.15) is 20.7 Å². The summed E-state index contributed by atoms with van der Waals surface area (Å²) in [6.07, 6.45) is 0. The van der Waals surface area contributed by atoms with Crippen LogP contribution in [-0.2, 0) is 0 Å². The number of nitro benzene ring substituents is 1. The van der Waals surface area contributed by atoms with Crippen LogP contribution in [0.5, 0.6) is 0 Å². The minimum atomic E-state index is -1.36. The summed E-state index contributed by atoms with van der Waals surface area (Å²) in [5, 5.41) is 29.1. The van der Waals surface area contributed by atoms with E-state index < -0.39 is 16.9 Å². The summed E-state index contributed by atoms with van der Waals surface area (Å²) in [6, 6.07) is 9.13. The lowest BCUT2D eigenvalue weighted by atomic mass is 9.96. The Kier molecular flexibility index (Phi) is 3.66. The summed E-state index contributed by atoms with van der Waals surface area (Å²) in [5.41, 5.74) is -0.529. The molecule has 0 aromatic heterocycles. The quantitative estimate of drug-likeness (QED) is 0.659. The van der Waals surface area contributed by atoms with E-state index in [-0.39, 0.29) is 27.9 Å². The zero-order chi connectivity index (χ0) is 15.6. The first-order valence-electron chi connectivity index (χ1n) is 5.76. The Bertz CT molecular complexity index is 753. The van der Waals surface area contributed by atoms with Crippen LogP contribution in [-0.4, -0.2) is 27.1 Å². The Morgan fingerprint density at radius 2 is 1.62 bits per heavy atom. The number of nitrogens with zero attached hydrogens (tertiary/aromatic N) is 1. The van der Waals surface area contributed by atoms with E-state index in [4.69, 9.17) is 5.11 Å². The molecule has 0 atom stereocenters. The molecule has 7 heteroatoms. The van der Waals surface area contributed by atoms with Crippen molar-refractivity contribution in [2.24, 2.45) is 0 Å². The molecule has 0 bridgehead atoms. The molecule has 0 aliphatic heterocycles. The Labute approximate surface area is 118 Å². The number of rotatable bonds is 4. The van der Waals surface area contributed by atoms with Crippen LogP contribution < -0.4 is 0 Å². The van der Waals surface area contributed by atoms with E-state index in [2.05, 4.69) is 0 Å². The molecule has 0 aliphatic rings. The van der Waals surface area contributed by atoms with Gasteiger partial charge < -0.3 is 10.2 Å². The van der Waals surface area contributed by atoms with Gasteiger partial charge in [-0.05, 0) is 18.2 Å². The Morgan fingerprint density at radius 3 is 2.19 bits per heavy atom. The molecule has 2 N–H and O–H groups in total. The highest BCUT2D eigenvalue weighted by Gasteiger charge is 2.21. The number of nitro groups is 1. The fourth-order valence-electron chi connectivity index (χ4n) is 1.95. The van der Waals surface area contributed by atoms with E-state index in [0.717, 1.165) is 6.07 Å². The van der Waals surface area contributed by atoms with Gasteiger partial charge in [-0.3, -0.25) is 10.1 Å². The monoisotopic (exact) mass is 287 g/mol. The highest BCUT2D eigenvalue weighted by molar-refractivity contribution is 6.00. The van der Waals surface area contributed by atoms with Crippen molar-refractivity contribution in [3.63, 3.8) is 0 Å². The molecule has 2 aromatic rings. The summed E-state index contributed by atoms with van der Waals surface area (Å²) in [4.78, 5) is 32.6. The predicted molar refractivity (Wildman–Crippen MR) is 72.5 cm³/mol. The minimum Gasteiger partial charge on any atom is -0.478 e. The molecule has 7 nitrogen and oxygen atoms in total. The molecular formula is C14H9NO6. The van der Waals surface area contributed by atoms with Gasteiger partial charge in [0.15, 0.2) is 0 Å². The third-order valence-corrected chi connectivity index (χ3v) is 2.89. The maximum atomic E-state index is 11.3. The summed E-state index contributed by atoms with van der Waals surface area (Å²) >= 11 is 0. The number of aromatic carboxylic acids is 2. The van der Waals surface area contributed by atoms with E-state index in [0.29, 0.717) is 0 Å². The van der Waals surface area contributed by atoms with E-state index in [1.54, 1.807) is 6.07 Å².